The lowest BCUT2D eigenvalue weighted by molar-refractivity contribution is 0.700. The highest BCUT2D eigenvalue weighted by Crippen LogP contribution is 2.31. The molecular formula is C32H26F2. The van der Waals surface area contributed by atoms with E-state index in [0.717, 1.165) is 39.8 Å². The Morgan fingerprint density at radius 3 is 1.68 bits per heavy atom. The minimum Gasteiger partial charge on any atom is -0.203 e. The number of aryl methyl sites for hydroxylation is 3. The molecule has 0 saturated carbocycles. The van der Waals surface area contributed by atoms with E-state index in [1.165, 1.54) is 5.56 Å². The predicted octanol–water partition coefficient (Wildman–Crippen LogP) is 8.70. The van der Waals surface area contributed by atoms with Crippen LogP contribution in [0.5, 0.6) is 0 Å². The van der Waals surface area contributed by atoms with Crippen LogP contribution in [-0.4, -0.2) is 0 Å². The van der Waals surface area contributed by atoms with Crippen LogP contribution in [0, 0.1) is 25.7 Å². The predicted molar refractivity (Wildman–Crippen MR) is 139 cm³/mol. The van der Waals surface area contributed by atoms with Gasteiger partial charge in [-0.3, -0.25) is 0 Å². The third kappa shape index (κ3) is 5.33. The van der Waals surface area contributed by atoms with Gasteiger partial charge in [-0.1, -0.05) is 96.6 Å². The van der Waals surface area contributed by atoms with Gasteiger partial charge in [0.25, 0.3) is 0 Å². The molecule has 0 atom stereocenters. The Hall–Kier alpha value is -3.96. The zero-order chi connectivity index (χ0) is 24.1. The first-order chi connectivity index (χ1) is 16.4. The Bertz CT molecular complexity index is 1380. The van der Waals surface area contributed by atoms with Gasteiger partial charge >= 0.3 is 0 Å². The van der Waals surface area contributed by atoms with Gasteiger partial charge in [0.15, 0.2) is 11.7 Å². The van der Waals surface area contributed by atoms with Crippen LogP contribution >= 0.6 is 0 Å². The van der Waals surface area contributed by atoms with Gasteiger partial charge in [-0.05, 0) is 61.2 Å². The molecule has 0 aliphatic heterocycles. The summed E-state index contributed by atoms with van der Waals surface area (Å²) in [6, 6.07) is 27.9. The van der Waals surface area contributed by atoms with Gasteiger partial charge in [0, 0.05) is 22.3 Å². The Kier molecular flexibility index (Phi) is 7.04. The number of rotatable bonds is 4. The molecule has 0 aliphatic rings. The lowest BCUT2D eigenvalue weighted by Crippen LogP contribution is -1.90. The second-order valence-corrected chi connectivity index (χ2v) is 8.41. The van der Waals surface area contributed by atoms with Crippen LogP contribution in [0.2, 0.25) is 0 Å². The Labute approximate surface area is 200 Å². The summed E-state index contributed by atoms with van der Waals surface area (Å²) in [5.41, 5.74) is 7.77. The van der Waals surface area contributed by atoms with Gasteiger partial charge in [-0.15, -0.1) is 0 Å². The van der Waals surface area contributed by atoms with Crippen LogP contribution in [0.25, 0.3) is 22.8 Å². The van der Waals surface area contributed by atoms with Crippen molar-refractivity contribution >= 4 is 11.7 Å². The first-order valence-electron chi connectivity index (χ1n) is 11.4. The zero-order valence-corrected chi connectivity index (χ0v) is 19.6. The maximum Gasteiger partial charge on any atom is 0.166 e. The van der Waals surface area contributed by atoms with Crippen LogP contribution in [0.4, 0.5) is 8.78 Å². The third-order valence-electron chi connectivity index (χ3n) is 5.85. The molecule has 4 aromatic carbocycles. The van der Waals surface area contributed by atoms with Crippen molar-refractivity contribution in [1.82, 2.24) is 0 Å². The molecule has 0 amide bonds. The molecule has 0 N–H and O–H groups in total. The van der Waals surface area contributed by atoms with Crippen LogP contribution in [-0.2, 0) is 6.42 Å². The second kappa shape index (κ2) is 10.3. The summed E-state index contributed by atoms with van der Waals surface area (Å²) >= 11 is 0. The number of hydrogen-bond donors (Lipinski definition) is 0. The van der Waals surface area contributed by atoms with E-state index in [1.54, 1.807) is 36.4 Å². The monoisotopic (exact) mass is 448 g/mol. The number of benzene rings is 4. The van der Waals surface area contributed by atoms with Crippen LogP contribution < -0.4 is 0 Å². The lowest BCUT2D eigenvalue weighted by Gasteiger charge is -2.08. The molecule has 0 radical (unpaired) electrons. The van der Waals surface area contributed by atoms with Crippen molar-refractivity contribution in [1.29, 1.82) is 0 Å². The molecule has 0 spiro atoms. The summed E-state index contributed by atoms with van der Waals surface area (Å²) in [6.07, 6.45) is 0.850. The van der Waals surface area contributed by atoms with Gasteiger partial charge in [0.2, 0.25) is 0 Å². The fourth-order valence-electron chi connectivity index (χ4n) is 3.73. The van der Waals surface area contributed by atoms with Gasteiger partial charge in [-0.25, -0.2) is 8.78 Å². The molecule has 2 heteroatoms. The molecule has 4 rings (SSSR count). The first-order valence-corrected chi connectivity index (χ1v) is 11.4. The summed E-state index contributed by atoms with van der Waals surface area (Å²) in [7, 11) is 0. The highest BCUT2D eigenvalue weighted by molar-refractivity contribution is 5.83. The molecule has 4 aromatic rings. The maximum atomic E-state index is 14.8. The van der Waals surface area contributed by atoms with Crippen molar-refractivity contribution < 1.29 is 8.78 Å². The topological polar surface area (TPSA) is 0 Å². The van der Waals surface area contributed by atoms with Crippen molar-refractivity contribution in [3.63, 3.8) is 0 Å². The van der Waals surface area contributed by atoms with Crippen molar-refractivity contribution in [2.45, 2.75) is 27.2 Å². The normalized spacial score (nSPS) is 11.4. The fraction of sp³-hybridized carbons (Fsp3) is 0.125. The zero-order valence-electron chi connectivity index (χ0n) is 19.6. The van der Waals surface area contributed by atoms with Crippen LogP contribution in [0.3, 0.4) is 0 Å². The number of halogens is 2. The molecule has 0 nitrogen and oxygen atoms in total. The minimum absolute atomic E-state index is 0.220. The molecular weight excluding hydrogens is 422 g/mol. The molecule has 0 unspecified atom stereocenters. The Balaban J connectivity index is 1.58. The fourth-order valence-corrected chi connectivity index (χ4v) is 3.73. The van der Waals surface area contributed by atoms with E-state index in [9.17, 15) is 8.78 Å². The quantitative estimate of drug-likeness (QED) is 0.216. The second-order valence-electron chi connectivity index (χ2n) is 8.41. The highest BCUT2D eigenvalue weighted by Gasteiger charge is 2.12. The summed E-state index contributed by atoms with van der Waals surface area (Å²) < 4.78 is 29.4. The summed E-state index contributed by atoms with van der Waals surface area (Å²) in [5, 5.41) is 0. The highest BCUT2D eigenvalue weighted by atomic mass is 19.2. The van der Waals surface area contributed by atoms with Crippen molar-refractivity contribution in [3.05, 3.63) is 130 Å². The molecule has 34 heavy (non-hydrogen) atoms. The SMILES string of the molecule is CCc1cc(-c2ccc(/C(F)=C(\F)c3ccc(C)cc3)cc2)ccc1C#Cc1ccc(C)cc1. The van der Waals surface area contributed by atoms with E-state index in [2.05, 4.69) is 43.9 Å². The molecule has 0 fully saturated rings. The summed E-state index contributed by atoms with van der Waals surface area (Å²) in [6.45, 7) is 6.07. The van der Waals surface area contributed by atoms with Crippen LogP contribution in [0.15, 0.2) is 91.0 Å². The average Bonchev–Trinajstić information content (AvgIpc) is 2.88. The van der Waals surface area contributed by atoms with Gasteiger partial charge < -0.3 is 0 Å². The Morgan fingerprint density at radius 2 is 1.12 bits per heavy atom. The molecule has 0 bridgehead atoms. The lowest BCUT2D eigenvalue weighted by atomic mass is 9.97. The first kappa shape index (κ1) is 23.2. The standard InChI is InChI=1S/C32H26F2/c1-4-25-21-30(20-17-26(25)14-11-24-9-5-22(2)6-10-24)27-15-18-29(19-16-27)32(34)31(33)28-12-7-23(3)8-13-28/h5-10,12-13,15-21H,4H2,1-3H3/b32-31+. The van der Waals surface area contributed by atoms with Crippen molar-refractivity contribution in [3.8, 4) is 23.0 Å². The van der Waals surface area contributed by atoms with Crippen molar-refractivity contribution in [2.24, 2.45) is 0 Å². The molecule has 0 heterocycles. The molecule has 0 aliphatic carbocycles. The van der Waals surface area contributed by atoms with E-state index >= 15 is 0 Å². The Morgan fingerprint density at radius 1 is 0.618 bits per heavy atom. The van der Waals surface area contributed by atoms with E-state index < -0.39 is 11.7 Å². The molecule has 0 aromatic heterocycles. The number of hydrogen-bond acceptors (Lipinski definition) is 0. The maximum absolute atomic E-state index is 14.8. The van der Waals surface area contributed by atoms with Crippen molar-refractivity contribution in [2.75, 3.05) is 0 Å². The third-order valence-corrected chi connectivity index (χ3v) is 5.85. The van der Waals surface area contributed by atoms with E-state index in [0.29, 0.717) is 0 Å². The summed E-state index contributed by atoms with van der Waals surface area (Å²) in [5.74, 6) is 4.82. The van der Waals surface area contributed by atoms with Crippen LogP contribution in [0.1, 0.15) is 45.9 Å². The van der Waals surface area contributed by atoms with E-state index in [1.807, 2.05) is 43.3 Å². The van der Waals surface area contributed by atoms with Gasteiger partial charge in [-0.2, -0.15) is 0 Å². The van der Waals surface area contributed by atoms with Gasteiger partial charge in [0.05, 0.1) is 0 Å². The smallest absolute Gasteiger partial charge is 0.166 e. The minimum atomic E-state index is -0.855. The average molecular weight is 449 g/mol. The van der Waals surface area contributed by atoms with E-state index in [-0.39, 0.29) is 11.1 Å². The molecule has 0 saturated heterocycles. The largest absolute Gasteiger partial charge is 0.203 e. The molecule has 168 valence electrons. The van der Waals surface area contributed by atoms with Gasteiger partial charge in [0.1, 0.15) is 0 Å². The summed E-state index contributed by atoms with van der Waals surface area (Å²) in [4.78, 5) is 0. The van der Waals surface area contributed by atoms with E-state index in [4.69, 9.17) is 0 Å².